The number of hydrogen-bond acceptors (Lipinski definition) is 4. The van der Waals surface area contributed by atoms with Crippen molar-refractivity contribution in [1.82, 2.24) is 10.2 Å². The maximum Gasteiger partial charge on any atom is 0.118 e. The zero-order chi connectivity index (χ0) is 13.9. The SMILES string of the molecule is COCCNCCCN(C)Cc1ccc(OC)cc1. The lowest BCUT2D eigenvalue weighted by molar-refractivity contribution is 0.198. The number of benzene rings is 1. The van der Waals surface area contributed by atoms with E-state index in [1.54, 1.807) is 14.2 Å². The van der Waals surface area contributed by atoms with E-state index < -0.39 is 0 Å². The van der Waals surface area contributed by atoms with Crippen molar-refractivity contribution in [3.8, 4) is 5.75 Å². The minimum Gasteiger partial charge on any atom is -0.497 e. The second-order valence-corrected chi connectivity index (χ2v) is 4.68. The van der Waals surface area contributed by atoms with Gasteiger partial charge in [0.2, 0.25) is 0 Å². The third-order valence-electron chi connectivity index (χ3n) is 2.99. The molecule has 1 aromatic rings. The molecule has 1 N–H and O–H groups in total. The summed E-state index contributed by atoms with van der Waals surface area (Å²) in [5.41, 5.74) is 1.32. The molecule has 0 unspecified atom stereocenters. The first-order valence-electron chi connectivity index (χ1n) is 6.77. The summed E-state index contributed by atoms with van der Waals surface area (Å²) in [6.45, 7) is 4.81. The van der Waals surface area contributed by atoms with E-state index in [0.29, 0.717) is 0 Å². The van der Waals surface area contributed by atoms with E-state index in [-0.39, 0.29) is 0 Å². The standard InChI is InChI=1S/C15H26N2O2/c1-17(11-4-9-16-10-12-18-2)13-14-5-7-15(19-3)8-6-14/h5-8,16H,4,9-13H2,1-3H3. The molecule has 0 radical (unpaired) electrons. The summed E-state index contributed by atoms with van der Waals surface area (Å²) >= 11 is 0. The lowest BCUT2D eigenvalue weighted by Crippen LogP contribution is -2.25. The lowest BCUT2D eigenvalue weighted by Gasteiger charge is -2.17. The second kappa shape index (κ2) is 9.78. The van der Waals surface area contributed by atoms with Gasteiger partial charge >= 0.3 is 0 Å². The Morgan fingerprint density at radius 1 is 1.11 bits per heavy atom. The van der Waals surface area contributed by atoms with Crippen LogP contribution in [0.5, 0.6) is 5.75 Å². The molecule has 0 atom stereocenters. The van der Waals surface area contributed by atoms with Crippen molar-refractivity contribution in [2.45, 2.75) is 13.0 Å². The summed E-state index contributed by atoms with van der Waals surface area (Å²) in [5, 5.41) is 3.35. The van der Waals surface area contributed by atoms with Crippen LogP contribution in [0.4, 0.5) is 0 Å². The average Bonchev–Trinajstić information content (AvgIpc) is 2.43. The van der Waals surface area contributed by atoms with Crippen molar-refractivity contribution in [1.29, 1.82) is 0 Å². The molecule has 0 aromatic heterocycles. The van der Waals surface area contributed by atoms with Gasteiger partial charge in [-0.05, 0) is 44.3 Å². The van der Waals surface area contributed by atoms with Crippen LogP contribution >= 0.6 is 0 Å². The maximum absolute atomic E-state index is 5.15. The van der Waals surface area contributed by atoms with Gasteiger partial charge in [0.1, 0.15) is 5.75 Å². The number of methoxy groups -OCH3 is 2. The second-order valence-electron chi connectivity index (χ2n) is 4.68. The molecule has 19 heavy (non-hydrogen) atoms. The molecule has 0 saturated carbocycles. The summed E-state index contributed by atoms with van der Waals surface area (Å²) in [6.07, 6.45) is 1.15. The lowest BCUT2D eigenvalue weighted by atomic mass is 10.2. The Bertz CT molecular complexity index is 327. The summed E-state index contributed by atoms with van der Waals surface area (Å²) < 4.78 is 10.1. The van der Waals surface area contributed by atoms with Crippen molar-refractivity contribution >= 4 is 0 Å². The molecule has 0 aliphatic rings. The average molecular weight is 266 g/mol. The first kappa shape index (κ1) is 16.0. The predicted octanol–water partition coefficient (Wildman–Crippen LogP) is 1.75. The van der Waals surface area contributed by atoms with Gasteiger partial charge in [-0.1, -0.05) is 12.1 Å². The highest BCUT2D eigenvalue weighted by Crippen LogP contribution is 2.12. The Labute approximate surface area is 116 Å². The van der Waals surface area contributed by atoms with Gasteiger partial charge in [0.05, 0.1) is 13.7 Å². The molecule has 1 aromatic carbocycles. The third kappa shape index (κ3) is 7.15. The molecular weight excluding hydrogens is 240 g/mol. The van der Waals surface area contributed by atoms with Crippen LogP contribution in [0.1, 0.15) is 12.0 Å². The predicted molar refractivity (Wildman–Crippen MR) is 78.7 cm³/mol. The molecule has 0 amide bonds. The number of nitrogens with zero attached hydrogens (tertiary/aromatic N) is 1. The topological polar surface area (TPSA) is 33.7 Å². The fraction of sp³-hybridized carbons (Fsp3) is 0.600. The molecule has 0 spiro atoms. The molecule has 4 heteroatoms. The van der Waals surface area contributed by atoms with Crippen LogP contribution in [0.2, 0.25) is 0 Å². The van der Waals surface area contributed by atoms with Crippen LogP contribution in [0.3, 0.4) is 0 Å². The minimum atomic E-state index is 0.779. The van der Waals surface area contributed by atoms with E-state index >= 15 is 0 Å². The molecule has 0 aliphatic carbocycles. The monoisotopic (exact) mass is 266 g/mol. The van der Waals surface area contributed by atoms with Crippen LogP contribution in [-0.2, 0) is 11.3 Å². The normalized spacial score (nSPS) is 10.9. The van der Waals surface area contributed by atoms with E-state index in [1.165, 1.54) is 5.56 Å². The van der Waals surface area contributed by atoms with Gasteiger partial charge in [0, 0.05) is 20.2 Å². The fourth-order valence-corrected chi connectivity index (χ4v) is 1.89. The van der Waals surface area contributed by atoms with Gasteiger partial charge in [-0.3, -0.25) is 0 Å². The summed E-state index contributed by atoms with van der Waals surface area (Å²) in [5.74, 6) is 0.911. The number of hydrogen-bond donors (Lipinski definition) is 1. The smallest absolute Gasteiger partial charge is 0.118 e. The summed E-state index contributed by atoms with van der Waals surface area (Å²) in [6, 6.07) is 8.25. The molecule has 4 nitrogen and oxygen atoms in total. The molecule has 1 rings (SSSR count). The van der Waals surface area contributed by atoms with Gasteiger partial charge in [0.15, 0.2) is 0 Å². The molecule has 108 valence electrons. The van der Waals surface area contributed by atoms with Crippen LogP contribution in [0, 0.1) is 0 Å². The molecule has 0 fully saturated rings. The third-order valence-corrected chi connectivity index (χ3v) is 2.99. The quantitative estimate of drug-likeness (QED) is 0.654. The first-order chi connectivity index (χ1) is 9.26. The van der Waals surface area contributed by atoms with E-state index in [4.69, 9.17) is 9.47 Å². The highest BCUT2D eigenvalue weighted by Gasteiger charge is 2.00. The Kier molecular flexibility index (Phi) is 8.21. The van der Waals surface area contributed by atoms with Gasteiger partial charge in [0.25, 0.3) is 0 Å². The van der Waals surface area contributed by atoms with Gasteiger partial charge in [-0.15, -0.1) is 0 Å². The molecular formula is C15H26N2O2. The van der Waals surface area contributed by atoms with Crippen molar-refractivity contribution in [2.24, 2.45) is 0 Å². The number of rotatable bonds is 10. The molecule has 0 bridgehead atoms. The van der Waals surface area contributed by atoms with Gasteiger partial charge in [-0.25, -0.2) is 0 Å². The van der Waals surface area contributed by atoms with Crippen LogP contribution in [-0.4, -0.2) is 52.4 Å². The summed E-state index contributed by atoms with van der Waals surface area (Å²) in [4.78, 5) is 2.33. The largest absolute Gasteiger partial charge is 0.497 e. The van der Waals surface area contributed by atoms with E-state index in [1.807, 2.05) is 12.1 Å². The maximum atomic E-state index is 5.15. The van der Waals surface area contributed by atoms with E-state index in [2.05, 4.69) is 29.4 Å². The van der Waals surface area contributed by atoms with Gasteiger partial charge < -0.3 is 19.7 Å². The molecule has 0 heterocycles. The van der Waals surface area contributed by atoms with Gasteiger partial charge in [-0.2, -0.15) is 0 Å². The minimum absolute atomic E-state index is 0.779. The van der Waals surface area contributed by atoms with Crippen molar-refractivity contribution in [2.75, 3.05) is 47.5 Å². The molecule has 0 saturated heterocycles. The van der Waals surface area contributed by atoms with Crippen LogP contribution < -0.4 is 10.1 Å². The van der Waals surface area contributed by atoms with Crippen molar-refractivity contribution < 1.29 is 9.47 Å². The molecule has 0 aliphatic heterocycles. The van der Waals surface area contributed by atoms with Crippen LogP contribution in [0.25, 0.3) is 0 Å². The summed E-state index contributed by atoms with van der Waals surface area (Å²) in [7, 11) is 5.57. The number of nitrogens with one attached hydrogen (secondary N) is 1. The zero-order valence-corrected chi connectivity index (χ0v) is 12.3. The zero-order valence-electron chi connectivity index (χ0n) is 12.3. The Balaban J connectivity index is 2.14. The number of ether oxygens (including phenoxy) is 2. The first-order valence-corrected chi connectivity index (χ1v) is 6.77. The Morgan fingerprint density at radius 3 is 2.47 bits per heavy atom. The van der Waals surface area contributed by atoms with Crippen molar-refractivity contribution in [3.63, 3.8) is 0 Å². The van der Waals surface area contributed by atoms with Crippen LogP contribution in [0.15, 0.2) is 24.3 Å². The fourth-order valence-electron chi connectivity index (χ4n) is 1.89. The van der Waals surface area contributed by atoms with E-state index in [0.717, 1.165) is 45.0 Å². The highest BCUT2D eigenvalue weighted by molar-refractivity contribution is 5.26. The Morgan fingerprint density at radius 2 is 1.84 bits per heavy atom. The van der Waals surface area contributed by atoms with Crippen molar-refractivity contribution in [3.05, 3.63) is 29.8 Å². The highest BCUT2D eigenvalue weighted by atomic mass is 16.5. The Hall–Kier alpha value is -1.10. The van der Waals surface area contributed by atoms with E-state index in [9.17, 15) is 0 Å².